The molecule has 0 fully saturated rings. The second kappa shape index (κ2) is 7.06. The van der Waals surface area contributed by atoms with Crippen LogP contribution in [0.1, 0.15) is 16.1 Å². The van der Waals surface area contributed by atoms with Gasteiger partial charge in [-0.1, -0.05) is 30.3 Å². The van der Waals surface area contributed by atoms with Crippen molar-refractivity contribution in [3.63, 3.8) is 0 Å². The molecular formula is C21H18N2O2S. The summed E-state index contributed by atoms with van der Waals surface area (Å²) in [5.41, 5.74) is 3.48. The normalized spacial score (nSPS) is 10.8. The Bertz CT molecular complexity index is 1050. The lowest BCUT2D eigenvalue weighted by Crippen LogP contribution is -2.15. The van der Waals surface area contributed by atoms with Crippen LogP contribution in [0, 0.1) is 0 Å². The zero-order valence-electron chi connectivity index (χ0n) is 14.3. The molecule has 0 unspecified atom stereocenters. The molecule has 0 aliphatic rings. The molecule has 4 aromatic rings. The fourth-order valence-corrected chi connectivity index (χ4v) is 3.73. The number of anilines is 1. The summed E-state index contributed by atoms with van der Waals surface area (Å²) in [7, 11) is 1.91. The highest BCUT2D eigenvalue weighted by Crippen LogP contribution is 2.25. The molecule has 0 aliphatic carbocycles. The number of para-hydroxylation sites is 1. The van der Waals surface area contributed by atoms with Crippen LogP contribution in [0.4, 0.5) is 5.69 Å². The molecule has 0 radical (unpaired) electrons. The second-order valence-corrected chi connectivity index (χ2v) is 6.96. The zero-order valence-corrected chi connectivity index (χ0v) is 15.1. The van der Waals surface area contributed by atoms with Crippen molar-refractivity contribution in [3.05, 3.63) is 83.4 Å². The van der Waals surface area contributed by atoms with E-state index in [1.165, 1.54) is 0 Å². The Balaban J connectivity index is 1.47. The fraction of sp³-hybridized carbons (Fsp3) is 0.0952. The van der Waals surface area contributed by atoms with Gasteiger partial charge in [-0.3, -0.25) is 4.79 Å². The van der Waals surface area contributed by atoms with Gasteiger partial charge in [0.25, 0.3) is 5.91 Å². The summed E-state index contributed by atoms with van der Waals surface area (Å²) >= 11 is 1.64. The summed E-state index contributed by atoms with van der Waals surface area (Å²) in [6.07, 6.45) is 0. The predicted molar refractivity (Wildman–Crippen MR) is 106 cm³/mol. The number of thiophene rings is 1. The summed E-state index contributed by atoms with van der Waals surface area (Å²) in [6, 6.07) is 21.4. The van der Waals surface area contributed by atoms with E-state index < -0.39 is 0 Å². The third-order valence-corrected chi connectivity index (χ3v) is 5.08. The molecule has 0 bridgehead atoms. The molecule has 5 heteroatoms. The Morgan fingerprint density at radius 3 is 2.73 bits per heavy atom. The van der Waals surface area contributed by atoms with Crippen molar-refractivity contribution in [1.29, 1.82) is 0 Å². The number of nitrogens with zero attached hydrogens (tertiary/aromatic N) is 1. The first-order chi connectivity index (χ1) is 12.7. The van der Waals surface area contributed by atoms with E-state index in [0.717, 1.165) is 27.2 Å². The van der Waals surface area contributed by atoms with Crippen molar-refractivity contribution in [3.8, 4) is 5.75 Å². The number of hydrogen-bond donors (Lipinski definition) is 1. The van der Waals surface area contributed by atoms with Gasteiger partial charge >= 0.3 is 0 Å². The highest BCUT2D eigenvalue weighted by molar-refractivity contribution is 7.17. The van der Waals surface area contributed by atoms with Crippen LogP contribution in [0.3, 0.4) is 0 Å². The first kappa shape index (κ1) is 16.4. The van der Waals surface area contributed by atoms with Gasteiger partial charge in [-0.05, 0) is 47.3 Å². The maximum atomic E-state index is 12.6. The SMILES string of the molecule is Cn1c(C(=O)Nc2cccc(COc3ccccc3)c2)cc2sccc21. The van der Waals surface area contributed by atoms with Crippen molar-refractivity contribution in [1.82, 2.24) is 4.57 Å². The molecule has 2 heterocycles. The fourth-order valence-electron chi connectivity index (χ4n) is 2.89. The topological polar surface area (TPSA) is 43.3 Å². The lowest BCUT2D eigenvalue weighted by atomic mass is 10.2. The van der Waals surface area contributed by atoms with Crippen molar-refractivity contribution in [2.45, 2.75) is 6.61 Å². The summed E-state index contributed by atoms with van der Waals surface area (Å²) in [5.74, 6) is 0.711. The smallest absolute Gasteiger partial charge is 0.272 e. The highest BCUT2D eigenvalue weighted by atomic mass is 32.1. The maximum absolute atomic E-state index is 12.6. The van der Waals surface area contributed by atoms with Crippen LogP contribution in [0.25, 0.3) is 10.2 Å². The average molecular weight is 362 g/mol. The number of rotatable bonds is 5. The molecule has 2 aromatic carbocycles. The minimum Gasteiger partial charge on any atom is -0.489 e. The number of carbonyl (C=O) groups excluding carboxylic acids is 1. The van der Waals surface area contributed by atoms with Gasteiger partial charge in [0.2, 0.25) is 0 Å². The molecular weight excluding hydrogens is 344 g/mol. The summed E-state index contributed by atoms with van der Waals surface area (Å²) in [5, 5.41) is 5.01. The van der Waals surface area contributed by atoms with Crippen molar-refractivity contribution in [2.24, 2.45) is 7.05 Å². The minimum atomic E-state index is -0.114. The molecule has 4 rings (SSSR count). The summed E-state index contributed by atoms with van der Waals surface area (Å²) in [6.45, 7) is 0.452. The molecule has 26 heavy (non-hydrogen) atoms. The average Bonchev–Trinajstić information content (AvgIpc) is 3.24. The first-order valence-corrected chi connectivity index (χ1v) is 9.20. The van der Waals surface area contributed by atoms with Gasteiger partial charge in [-0.25, -0.2) is 0 Å². The van der Waals surface area contributed by atoms with Gasteiger partial charge in [-0.15, -0.1) is 11.3 Å². The van der Waals surface area contributed by atoms with Gasteiger partial charge in [0.15, 0.2) is 0 Å². The van der Waals surface area contributed by atoms with E-state index in [9.17, 15) is 4.79 Å². The number of fused-ring (bicyclic) bond motifs is 1. The van der Waals surface area contributed by atoms with Crippen LogP contribution in [-0.2, 0) is 13.7 Å². The van der Waals surface area contributed by atoms with Crippen molar-refractivity contribution < 1.29 is 9.53 Å². The minimum absolute atomic E-state index is 0.114. The molecule has 1 N–H and O–H groups in total. The van der Waals surface area contributed by atoms with E-state index in [-0.39, 0.29) is 5.91 Å². The standard InChI is InChI=1S/C21H18N2O2S/c1-23-18-10-11-26-20(18)13-19(23)21(24)22-16-7-5-6-15(12-16)14-25-17-8-3-2-4-9-17/h2-13H,14H2,1H3,(H,22,24). The first-order valence-electron chi connectivity index (χ1n) is 8.32. The number of aryl methyl sites for hydroxylation is 1. The summed E-state index contributed by atoms with van der Waals surface area (Å²) < 4.78 is 8.80. The monoisotopic (exact) mass is 362 g/mol. The zero-order chi connectivity index (χ0) is 17.9. The Hall–Kier alpha value is -3.05. The lowest BCUT2D eigenvalue weighted by Gasteiger charge is -2.09. The van der Waals surface area contributed by atoms with Gasteiger partial charge in [0, 0.05) is 12.7 Å². The third kappa shape index (κ3) is 3.34. The molecule has 130 valence electrons. The molecule has 0 saturated heterocycles. The third-order valence-electron chi connectivity index (χ3n) is 4.23. The Kier molecular flexibility index (Phi) is 4.46. The number of hydrogen-bond acceptors (Lipinski definition) is 3. The Morgan fingerprint density at radius 2 is 1.92 bits per heavy atom. The molecule has 0 aliphatic heterocycles. The molecule has 0 spiro atoms. The molecule has 2 aromatic heterocycles. The van der Waals surface area contributed by atoms with Crippen LogP contribution in [0.5, 0.6) is 5.75 Å². The van der Waals surface area contributed by atoms with Crippen LogP contribution in [-0.4, -0.2) is 10.5 Å². The van der Waals surface area contributed by atoms with E-state index in [2.05, 4.69) is 5.32 Å². The van der Waals surface area contributed by atoms with Gasteiger partial charge in [0.1, 0.15) is 18.1 Å². The van der Waals surface area contributed by atoms with Crippen LogP contribution < -0.4 is 10.1 Å². The number of benzene rings is 2. The van der Waals surface area contributed by atoms with Crippen LogP contribution >= 0.6 is 11.3 Å². The van der Waals surface area contributed by atoms with Crippen LogP contribution in [0.2, 0.25) is 0 Å². The van der Waals surface area contributed by atoms with Crippen molar-refractivity contribution in [2.75, 3.05) is 5.32 Å². The number of ether oxygens (including phenoxy) is 1. The lowest BCUT2D eigenvalue weighted by molar-refractivity contribution is 0.101. The van der Waals surface area contributed by atoms with Gasteiger partial charge < -0.3 is 14.6 Å². The van der Waals surface area contributed by atoms with E-state index in [1.807, 2.05) is 83.7 Å². The molecule has 1 amide bonds. The Morgan fingerprint density at radius 1 is 1.08 bits per heavy atom. The van der Waals surface area contributed by atoms with E-state index >= 15 is 0 Å². The van der Waals surface area contributed by atoms with Crippen molar-refractivity contribution >= 4 is 33.1 Å². The number of carbonyl (C=O) groups is 1. The molecule has 4 nitrogen and oxygen atoms in total. The van der Waals surface area contributed by atoms with Gasteiger partial charge in [0.05, 0.1) is 10.2 Å². The number of nitrogens with one attached hydrogen (secondary N) is 1. The largest absolute Gasteiger partial charge is 0.489 e. The number of aromatic nitrogens is 1. The Labute approximate surface area is 155 Å². The van der Waals surface area contributed by atoms with E-state index in [1.54, 1.807) is 11.3 Å². The second-order valence-electron chi connectivity index (χ2n) is 6.01. The molecule has 0 saturated carbocycles. The van der Waals surface area contributed by atoms with Gasteiger partial charge in [-0.2, -0.15) is 0 Å². The van der Waals surface area contributed by atoms with Crippen LogP contribution in [0.15, 0.2) is 72.1 Å². The predicted octanol–water partition coefficient (Wildman–Crippen LogP) is 5.07. The highest BCUT2D eigenvalue weighted by Gasteiger charge is 2.14. The quantitative estimate of drug-likeness (QED) is 0.538. The van der Waals surface area contributed by atoms with E-state index in [0.29, 0.717) is 12.3 Å². The van der Waals surface area contributed by atoms with E-state index in [4.69, 9.17) is 4.74 Å². The summed E-state index contributed by atoms with van der Waals surface area (Å²) in [4.78, 5) is 12.6. The molecule has 0 atom stereocenters. The maximum Gasteiger partial charge on any atom is 0.272 e. The number of amides is 1.